The molecule has 1 N–H and O–H groups in total. The number of nitrogens with one attached hydrogen (secondary N) is 1. The average Bonchev–Trinajstić information content (AvgIpc) is 2.94. The van der Waals surface area contributed by atoms with E-state index in [0.717, 1.165) is 17.3 Å². The van der Waals surface area contributed by atoms with E-state index in [9.17, 15) is 13.6 Å². The summed E-state index contributed by atoms with van der Waals surface area (Å²) in [4.78, 5) is 27.9. The summed E-state index contributed by atoms with van der Waals surface area (Å²) in [6.45, 7) is 2.04. The third-order valence-electron chi connectivity index (χ3n) is 4.71. The summed E-state index contributed by atoms with van der Waals surface area (Å²) in [5.74, 6) is -1.44. The SMILES string of the molecule is Cc1cnc2c(n1)nc(C1=CC=C1)n2Cc1cc(=O)[nH]c2c(F)c(F)ccc12. The molecule has 1 aromatic carbocycles. The van der Waals surface area contributed by atoms with E-state index in [4.69, 9.17) is 0 Å². The molecular weight excluding hydrogens is 364 g/mol. The van der Waals surface area contributed by atoms with Crippen molar-refractivity contribution in [2.24, 2.45) is 0 Å². The van der Waals surface area contributed by atoms with Gasteiger partial charge in [-0.2, -0.15) is 0 Å². The summed E-state index contributed by atoms with van der Waals surface area (Å²) in [5, 5.41) is 0.421. The third kappa shape index (κ3) is 2.45. The molecule has 4 aromatic rings. The Morgan fingerprint density at radius 3 is 2.79 bits per heavy atom. The Hall–Kier alpha value is -3.68. The lowest BCUT2D eigenvalue weighted by Gasteiger charge is -2.13. The molecule has 1 aliphatic carbocycles. The highest BCUT2D eigenvalue weighted by Crippen LogP contribution is 2.27. The Morgan fingerprint density at radius 1 is 1.21 bits per heavy atom. The van der Waals surface area contributed by atoms with Crippen molar-refractivity contribution >= 4 is 27.8 Å². The number of allylic oxidation sites excluding steroid dienone is 4. The first kappa shape index (κ1) is 16.5. The van der Waals surface area contributed by atoms with Gasteiger partial charge in [-0.05, 0) is 24.6 Å². The van der Waals surface area contributed by atoms with Crippen LogP contribution in [0.15, 0.2) is 47.4 Å². The van der Waals surface area contributed by atoms with Crippen molar-refractivity contribution in [1.29, 1.82) is 0 Å². The average molecular weight is 377 g/mol. The summed E-state index contributed by atoms with van der Waals surface area (Å²) in [7, 11) is 0. The summed E-state index contributed by atoms with van der Waals surface area (Å²) in [6, 6.07) is 3.88. The minimum Gasteiger partial charge on any atom is -0.319 e. The summed E-state index contributed by atoms with van der Waals surface area (Å²) in [6.07, 6.45) is 7.36. The van der Waals surface area contributed by atoms with E-state index in [-0.39, 0.29) is 12.1 Å². The normalized spacial score (nSPS) is 13.2. The number of rotatable bonds is 3. The molecule has 0 radical (unpaired) electrons. The van der Waals surface area contributed by atoms with Crippen LogP contribution in [0.5, 0.6) is 0 Å². The van der Waals surface area contributed by atoms with Crippen LogP contribution in [0.3, 0.4) is 0 Å². The quantitative estimate of drug-likeness (QED) is 0.595. The molecule has 0 fully saturated rings. The van der Waals surface area contributed by atoms with E-state index in [1.54, 1.807) is 6.20 Å². The smallest absolute Gasteiger partial charge is 0.248 e. The van der Waals surface area contributed by atoms with Gasteiger partial charge in [0.25, 0.3) is 0 Å². The number of nitrogens with zero attached hydrogens (tertiary/aromatic N) is 4. The molecule has 8 heteroatoms. The van der Waals surface area contributed by atoms with Gasteiger partial charge >= 0.3 is 0 Å². The second-order valence-electron chi connectivity index (χ2n) is 6.60. The highest BCUT2D eigenvalue weighted by molar-refractivity contribution is 5.84. The molecule has 1 aliphatic rings. The van der Waals surface area contributed by atoms with Crippen molar-refractivity contribution in [2.45, 2.75) is 13.5 Å². The van der Waals surface area contributed by atoms with Crippen molar-refractivity contribution in [3.05, 3.63) is 81.7 Å². The second-order valence-corrected chi connectivity index (χ2v) is 6.60. The molecule has 0 aliphatic heterocycles. The first-order chi connectivity index (χ1) is 13.5. The number of H-pyrrole nitrogens is 1. The Morgan fingerprint density at radius 2 is 2.04 bits per heavy atom. The lowest BCUT2D eigenvalue weighted by atomic mass is 10.1. The van der Waals surface area contributed by atoms with Crippen molar-refractivity contribution in [2.75, 3.05) is 0 Å². The monoisotopic (exact) mass is 377 g/mol. The second kappa shape index (κ2) is 5.91. The molecule has 28 heavy (non-hydrogen) atoms. The minimum absolute atomic E-state index is 0.154. The molecule has 6 nitrogen and oxygen atoms in total. The van der Waals surface area contributed by atoms with Crippen LogP contribution in [0, 0.1) is 18.6 Å². The van der Waals surface area contributed by atoms with Crippen LogP contribution in [0.1, 0.15) is 17.1 Å². The minimum atomic E-state index is -1.08. The zero-order valence-corrected chi connectivity index (χ0v) is 14.7. The van der Waals surface area contributed by atoms with Gasteiger partial charge in [-0.3, -0.25) is 4.79 Å². The first-order valence-electron chi connectivity index (χ1n) is 8.60. The fourth-order valence-corrected chi connectivity index (χ4v) is 3.33. The molecule has 0 bridgehead atoms. The van der Waals surface area contributed by atoms with Crippen molar-refractivity contribution < 1.29 is 8.78 Å². The van der Waals surface area contributed by atoms with Gasteiger partial charge in [0.2, 0.25) is 5.56 Å². The largest absolute Gasteiger partial charge is 0.319 e. The predicted molar refractivity (Wildman–Crippen MR) is 101 cm³/mol. The molecule has 0 atom stereocenters. The molecule has 0 unspecified atom stereocenters. The summed E-state index contributed by atoms with van der Waals surface area (Å²) in [5.41, 5.74) is 2.55. The summed E-state index contributed by atoms with van der Waals surface area (Å²) >= 11 is 0. The van der Waals surface area contributed by atoms with E-state index in [1.807, 2.05) is 29.7 Å². The van der Waals surface area contributed by atoms with Gasteiger partial charge in [0.1, 0.15) is 5.82 Å². The van der Waals surface area contributed by atoms with Gasteiger partial charge in [-0.1, -0.05) is 18.2 Å². The topological polar surface area (TPSA) is 76.5 Å². The highest BCUT2D eigenvalue weighted by Gasteiger charge is 2.19. The maximum atomic E-state index is 14.2. The van der Waals surface area contributed by atoms with Gasteiger partial charge in [-0.15, -0.1) is 0 Å². The molecule has 138 valence electrons. The number of fused-ring (bicyclic) bond motifs is 2. The van der Waals surface area contributed by atoms with Crippen LogP contribution in [-0.4, -0.2) is 24.5 Å². The number of aromatic amines is 1. The fourth-order valence-electron chi connectivity index (χ4n) is 3.33. The molecule has 5 rings (SSSR count). The number of imidazole rings is 1. The Labute approximate surface area is 156 Å². The Balaban J connectivity index is 1.75. The molecule has 0 saturated heterocycles. The van der Waals surface area contributed by atoms with E-state index in [0.29, 0.717) is 28.1 Å². The molecule has 0 amide bonds. The Kier molecular flexibility index (Phi) is 3.48. The van der Waals surface area contributed by atoms with Crippen LogP contribution in [0.4, 0.5) is 8.78 Å². The van der Waals surface area contributed by atoms with Gasteiger partial charge < -0.3 is 9.55 Å². The molecule has 3 heterocycles. The van der Waals surface area contributed by atoms with E-state index >= 15 is 0 Å². The van der Waals surface area contributed by atoms with Gasteiger partial charge in [-0.25, -0.2) is 23.7 Å². The van der Waals surface area contributed by atoms with Crippen LogP contribution in [-0.2, 0) is 6.54 Å². The number of pyridine rings is 1. The Bertz CT molecular complexity index is 1400. The van der Waals surface area contributed by atoms with E-state index in [2.05, 4.69) is 19.9 Å². The lowest BCUT2D eigenvalue weighted by Crippen LogP contribution is -2.12. The van der Waals surface area contributed by atoms with E-state index in [1.165, 1.54) is 12.1 Å². The van der Waals surface area contributed by atoms with Crippen LogP contribution in [0.2, 0.25) is 0 Å². The number of halogens is 2. The number of aromatic nitrogens is 5. The number of aryl methyl sites for hydroxylation is 1. The van der Waals surface area contributed by atoms with Gasteiger partial charge in [0, 0.05) is 17.0 Å². The van der Waals surface area contributed by atoms with Crippen LogP contribution >= 0.6 is 0 Å². The van der Waals surface area contributed by atoms with Crippen molar-refractivity contribution in [3.8, 4) is 0 Å². The number of hydrogen-bond acceptors (Lipinski definition) is 4. The maximum Gasteiger partial charge on any atom is 0.248 e. The summed E-state index contributed by atoms with van der Waals surface area (Å²) < 4.78 is 29.6. The first-order valence-corrected chi connectivity index (χ1v) is 8.60. The van der Waals surface area contributed by atoms with E-state index < -0.39 is 17.2 Å². The molecule has 0 spiro atoms. The molecular formula is C20H13F2N5O. The third-order valence-corrected chi connectivity index (χ3v) is 4.71. The van der Waals surface area contributed by atoms with Gasteiger partial charge in [0.15, 0.2) is 22.9 Å². The van der Waals surface area contributed by atoms with Gasteiger partial charge in [0.05, 0.1) is 24.0 Å². The molecule has 3 aromatic heterocycles. The maximum absolute atomic E-state index is 14.2. The standard InChI is InChI=1S/C20H13F2N5O/c1-10-8-23-20-18(24-10)26-19(11-3-2-4-11)27(20)9-12-7-15(28)25-17-13(12)5-6-14(21)16(17)22/h2-8H,9H2,1H3,(H,25,28). The van der Waals surface area contributed by atoms with Crippen molar-refractivity contribution in [3.63, 3.8) is 0 Å². The highest BCUT2D eigenvalue weighted by atomic mass is 19.2. The zero-order valence-electron chi connectivity index (χ0n) is 14.7. The van der Waals surface area contributed by atoms with Crippen molar-refractivity contribution in [1.82, 2.24) is 24.5 Å². The fraction of sp³-hybridized carbons (Fsp3) is 0.100. The number of benzene rings is 1. The predicted octanol–water partition coefficient (Wildman–Crippen LogP) is 3.26. The van der Waals surface area contributed by atoms with Crippen LogP contribution in [0.25, 0.3) is 27.8 Å². The lowest BCUT2D eigenvalue weighted by molar-refractivity contribution is 0.515. The number of hydrogen-bond donors (Lipinski definition) is 1. The zero-order chi connectivity index (χ0) is 19.4. The molecule has 0 saturated carbocycles. The van der Waals surface area contributed by atoms with Crippen LogP contribution < -0.4 is 5.56 Å².